The lowest BCUT2D eigenvalue weighted by atomic mass is 9.51. The number of benzene rings is 1. The van der Waals surface area contributed by atoms with Crippen molar-refractivity contribution in [2.24, 2.45) is 11.8 Å². The minimum Gasteiger partial charge on any atom is -0.506 e. The topological polar surface area (TPSA) is 119 Å². The van der Waals surface area contributed by atoms with Crippen molar-refractivity contribution >= 4 is 23.6 Å². The summed E-state index contributed by atoms with van der Waals surface area (Å²) in [4.78, 5) is 40.8. The van der Waals surface area contributed by atoms with Gasteiger partial charge in [0, 0.05) is 35.0 Å². The molecule has 2 N–H and O–H groups in total. The Bertz CT molecular complexity index is 1730. The summed E-state index contributed by atoms with van der Waals surface area (Å²) >= 11 is 0. The number of allylic oxidation sites excluding steroid dienone is 5. The molecule has 0 aromatic heterocycles. The molecule has 3 heterocycles. The molecule has 1 saturated heterocycles. The number of Topliss-reactive ketones (excluding diaryl/α,β-unsaturated/α-hetero) is 2. The van der Waals surface area contributed by atoms with Gasteiger partial charge in [0.25, 0.3) is 0 Å². The Morgan fingerprint density at radius 3 is 2.35 bits per heavy atom. The van der Waals surface area contributed by atoms with Crippen LogP contribution in [0.3, 0.4) is 0 Å². The maximum absolute atomic E-state index is 14.7. The van der Waals surface area contributed by atoms with E-state index in [1.165, 1.54) is 18.6 Å². The van der Waals surface area contributed by atoms with Crippen LogP contribution in [0.25, 0.3) is 6.08 Å². The molecule has 8 nitrogen and oxygen atoms in total. The minimum atomic E-state index is -1.63. The number of aliphatic carboxylic acids is 1. The molecule has 4 bridgehead atoms. The number of hydrogen-bond donors (Lipinski definition) is 2. The number of aromatic hydroxyl groups is 1. The Hall–Kier alpha value is -3.91. The minimum absolute atomic E-state index is 0.0544. The number of carbonyl (C=O) groups is 3. The van der Waals surface area contributed by atoms with Crippen LogP contribution in [0.5, 0.6) is 17.2 Å². The molecule has 46 heavy (non-hydrogen) atoms. The number of ether oxygens (including phenoxy) is 3. The van der Waals surface area contributed by atoms with Gasteiger partial charge in [-0.05, 0) is 93.2 Å². The third-order valence-corrected chi connectivity index (χ3v) is 10.5. The van der Waals surface area contributed by atoms with Crippen molar-refractivity contribution in [3.63, 3.8) is 0 Å². The third-order valence-electron chi connectivity index (χ3n) is 10.5. The van der Waals surface area contributed by atoms with Crippen LogP contribution in [-0.2, 0) is 20.7 Å². The monoisotopic (exact) mass is 628 g/mol. The Labute approximate surface area is 270 Å². The molecule has 6 aliphatic rings. The summed E-state index contributed by atoms with van der Waals surface area (Å²) in [5, 5.41) is 21.4. The fraction of sp³-hybridized carbons (Fsp3) is 0.500. The van der Waals surface area contributed by atoms with Gasteiger partial charge in [0.2, 0.25) is 0 Å². The molecule has 1 saturated carbocycles. The van der Waals surface area contributed by atoms with Gasteiger partial charge in [-0.1, -0.05) is 35.5 Å². The lowest BCUT2D eigenvalue weighted by Gasteiger charge is -2.56. The largest absolute Gasteiger partial charge is 0.506 e. The van der Waals surface area contributed by atoms with Gasteiger partial charge in [0.1, 0.15) is 28.4 Å². The molecule has 5 atom stereocenters. The summed E-state index contributed by atoms with van der Waals surface area (Å²) in [5.74, 6) is -2.28. The molecular formula is C38H44O8. The van der Waals surface area contributed by atoms with E-state index in [9.17, 15) is 24.6 Å². The predicted molar refractivity (Wildman–Crippen MR) is 174 cm³/mol. The second-order valence-electron chi connectivity index (χ2n) is 14.8. The number of fused-ring (bicyclic) bond motifs is 2. The summed E-state index contributed by atoms with van der Waals surface area (Å²) in [6, 6.07) is 0. The van der Waals surface area contributed by atoms with Gasteiger partial charge in [0.15, 0.2) is 22.8 Å². The molecule has 0 radical (unpaired) electrons. The number of ketones is 2. The molecule has 1 spiro atoms. The number of phenolic OH excluding ortho intramolecular Hbond substituents is 1. The van der Waals surface area contributed by atoms with Crippen molar-refractivity contribution in [2.45, 2.75) is 110 Å². The first-order valence-electron chi connectivity index (χ1n) is 16.2. The average molecular weight is 629 g/mol. The number of carboxylic acids is 1. The van der Waals surface area contributed by atoms with Crippen molar-refractivity contribution in [1.82, 2.24) is 0 Å². The number of rotatable bonds is 8. The van der Waals surface area contributed by atoms with E-state index in [1.54, 1.807) is 6.08 Å². The van der Waals surface area contributed by atoms with Crippen molar-refractivity contribution in [1.29, 1.82) is 0 Å². The lowest BCUT2D eigenvalue weighted by Crippen LogP contribution is -2.72. The van der Waals surface area contributed by atoms with Gasteiger partial charge in [0.05, 0.1) is 11.2 Å². The first-order chi connectivity index (χ1) is 21.5. The molecule has 3 aliphatic carbocycles. The Balaban J connectivity index is 1.59. The van der Waals surface area contributed by atoms with Crippen LogP contribution in [0.4, 0.5) is 0 Å². The van der Waals surface area contributed by atoms with Crippen LogP contribution in [0.1, 0.15) is 103 Å². The zero-order chi connectivity index (χ0) is 33.6. The fourth-order valence-electron chi connectivity index (χ4n) is 8.17. The summed E-state index contributed by atoms with van der Waals surface area (Å²) in [7, 11) is 0. The number of carboxylic acid groups (broad SMARTS) is 1. The lowest BCUT2D eigenvalue weighted by molar-refractivity contribution is -0.171. The normalized spacial score (nSPS) is 31.2. The first-order valence-corrected chi connectivity index (χ1v) is 16.2. The first kappa shape index (κ1) is 32.0. The Kier molecular flexibility index (Phi) is 7.36. The summed E-state index contributed by atoms with van der Waals surface area (Å²) in [5.41, 5.74) is -0.952. The molecular weight excluding hydrogens is 584 g/mol. The molecule has 5 unspecified atom stereocenters. The second-order valence-corrected chi connectivity index (χ2v) is 14.8. The summed E-state index contributed by atoms with van der Waals surface area (Å²) < 4.78 is 20.6. The maximum atomic E-state index is 14.7. The fourth-order valence-corrected chi connectivity index (χ4v) is 8.17. The summed E-state index contributed by atoms with van der Waals surface area (Å²) in [6.07, 6.45) is 13.4. The van der Waals surface area contributed by atoms with Crippen LogP contribution in [0.15, 0.2) is 52.7 Å². The highest BCUT2D eigenvalue weighted by atomic mass is 16.6. The zero-order valence-electron chi connectivity index (χ0n) is 28.0. The van der Waals surface area contributed by atoms with Crippen LogP contribution < -0.4 is 9.47 Å². The zero-order valence-corrected chi connectivity index (χ0v) is 28.0. The van der Waals surface area contributed by atoms with Gasteiger partial charge < -0.3 is 24.4 Å². The standard InChI is InChI=1S/C38H44O8/c1-20(2)10-9-15-36(8)16-14-24-29(39)28-30(40)26-18-23-19-27-35(6,7)46-37(33(23)41,17-13-22(5)34(42)43)38(26,27)45-32(28)25(31(24)44-36)12-11-21(3)4/h10-11,13-14,16,18,23,27,39H,9,12,15,17,19H2,1-8H3,(H,42,43)/b22-13-. The van der Waals surface area contributed by atoms with E-state index < -0.39 is 40.1 Å². The van der Waals surface area contributed by atoms with E-state index >= 15 is 0 Å². The van der Waals surface area contributed by atoms with E-state index in [2.05, 4.69) is 19.9 Å². The third kappa shape index (κ3) is 4.47. The SMILES string of the molecule is CC(C)=CCCC1(C)C=Cc2c(O)c3c(c(CC=C(C)C)c2O1)OC12C(=CC4CC1C(C)(C)OC2(C/C=C(/C)C(=O)O)C4=O)C3=O. The quantitative estimate of drug-likeness (QED) is 0.228. The van der Waals surface area contributed by atoms with Gasteiger partial charge in [-0.15, -0.1) is 0 Å². The second kappa shape index (κ2) is 10.6. The Morgan fingerprint density at radius 1 is 1.00 bits per heavy atom. The summed E-state index contributed by atoms with van der Waals surface area (Å²) in [6.45, 7) is 15.4. The van der Waals surface area contributed by atoms with E-state index in [4.69, 9.17) is 14.2 Å². The molecule has 2 fully saturated rings. The highest BCUT2D eigenvalue weighted by Gasteiger charge is 2.81. The van der Waals surface area contributed by atoms with E-state index in [1.807, 2.05) is 52.8 Å². The van der Waals surface area contributed by atoms with Gasteiger partial charge in [-0.25, -0.2) is 4.79 Å². The van der Waals surface area contributed by atoms with Gasteiger partial charge >= 0.3 is 5.97 Å². The molecule has 244 valence electrons. The number of hydrogen-bond acceptors (Lipinski definition) is 7. The van der Waals surface area contributed by atoms with Crippen molar-refractivity contribution in [3.8, 4) is 17.2 Å². The molecule has 1 aromatic carbocycles. The molecule has 8 heteroatoms. The van der Waals surface area contributed by atoms with Gasteiger partial charge in [-0.3, -0.25) is 9.59 Å². The van der Waals surface area contributed by atoms with E-state index in [-0.39, 0.29) is 40.8 Å². The Morgan fingerprint density at radius 2 is 1.70 bits per heavy atom. The molecule has 1 aromatic rings. The smallest absolute Gasteiger partial charge is 0.330 e. The highest BCUT2D eigenvalue weighted by molar-refractivity contribution is 6.19. The predicted octanol–water partition coefficient (Wildman–Crippen LogP) is 7.24. The molecule has 7 rings (SSSR count). The number of carbonyl (C=O) groups excluding carboxylic acids is 2. The van der Waals surface area contributed by atoms with Crippen molar-refractivity contribution in [3.05, 3.63) is 69.4 Å². The van der Waals surface area contributed by atoms with Crippen LogP contribution in [0, 0.1) is 11.8 Å². The van der Waals surface area contributed by atoms with Crippen LogP contribution in [0.2, 0.25) is 0 Å². The van der Waals surface area contributed by atoms with Crippen LogP contribution in [-0.4, -0.2) is 50.2 Å². The van der Waals surface area contributed by atoms with Crippen LogP contribution >= 0.6 is 0 Å². The van der Waals surface area contributed by atoms with E-state index in [0.29, 0.717) is 41.7 Å². The number of phenols is 1. The van der Waals surface area contributed by atoms with Crippen molar-refractivity contribution < 1.29 is 38.8 Å². The highest BCUT2D eigenvalue weighted by Crippen LogP contribution is 2.68. The van der Waals surface area contributed by atoms with Crippen molar-refractivity contribution in [2.75, 3.05) is 0 Å². The molecule has 3 aliphatic heterocycles. The van der Waals surface area contributed by atoms with Gasteiger partial charge in [-0.2, -0.15) is 0 Å². The maximum Gasteiger partial charge on any atom is 0.330 e. The van der Waals surface area contributed by atoms with E-state index in [0.717, 1.165) is 12.0 Å². The molecule has 0 amide bonds. The average Bonchev–Trinajstić information content (AvgIpc) is 3.12.